The van der Waals surface area contributed by atoms with Crippen molar-refractivity contribution >= 4 is 51.7 Å². The highest BCUT2D eigenvalue weighted by molar-refractivity contribution is 8.26. The van der Waals surface area contributed by atoms with E-state index < -0.39 is 0 Å². The van der Waals surface area contributed by atoms with Gasteiger partial charge in [0.1, 0.15) is 15.8 Å². The molecule has 9 heteroatoms. The molecule has 0 atom stereocenters. The van der Waals surface area contributed by atoms with Crippen molar-refractivity contribution in [1.82, 2.24) is 19.2 Å². The first-order valence-electron chi connectivity index (χ1n) is 12.7. The second-order valence-corrected chi connectivity index (χ2v) is 11.5. The van der Waals surface area contributed by atoms with E-state index in [1.54, 1.807) is 21.6 Å². The van der Waals surface area contributed by atoms with Gasteiger partial charge in [-0.15, -0.1) is 0 Å². The number of rotatable bonds is 7. The van der Waals surface area contributed by atoms with E-state index in [4.69, 9.17) is 17.2 Å². The van der Waals surface area contributed by atoms with Gasteiger partial charge < -0.3 is 4.90 Å². The molecule has 2 saturated heterocycles. The number of hydrogen-bond donors (Lipinski definition) is 0. The second kappa shape index (κ2) is 11.2. The Balaban J connectivity index is 1.44. The normalized spacial score (nSPS) is 18.1. The molecule has 7 nitrogen and oxygen atoms in total. The highest BCUT2D eigenvalue weighted by Gasteiger charge is 2.33. The van der Waals surface area contributed by atoms with Crippen molar-refractivity contribution in [3.8, 4) is 0 Å². The summed E-state index contributed by atoms with van der Waals surface area (Å²) in [6, 6.07) is 16.0. The van der Waals surface area contributed by atoms with Crippen LogP contribution in [0.4, 0.5) is 5.82 Å². The number of carbonyl (C=O) groups is 1. The number of pyridine rings is 1. The number of thiocarbonyl (C=S) groups is 1. The Morgan fingerprint density at radius 2 is 1.76 bits per heavy atom. The van der Waals surface area contributed by atoms with Crippen molar-refractivity contribution in [2.75, 3.05) is 37.6 Å². The van der Waals surface area contributed by atoms with Crippen LogP contribution < -0.4 is 10.5 Å². The Labute approximate surface area is 226 Å². The van der Waals surface area contributed by atoms with Gasteiger partial charge >= 0.3 is 0 Å². The minimum absolute atomic E-state index is 0.133. The van der Waals surface area contributed by atoms with Crippen LogP contribution in [0.25, 0.3) is 11.7 Å². The number of fused-ring (bicyclic) bond motifs is 1. The van der Waals surface area contributed by atoms with Crippen LogP contribution in [-0.4, -0.2) is 62.1 Å². The highest BCUT2D eigenvalue weighted by atomic mass is 32.2. The molecule has 0 saturated carbocycles. The molecular weight excluding hydrogens is 502 g/mol. The predicted octanol–water partition coefficient (Wildman–Crippen LogP) is 4.26. The molecule has 0 N–H and O–H groups in total. The summed E-state index contributed by atoms with van der Waals surface area (Å²) in [7, 11) is 0. The Hall–Kier alpha value is -3.01. The van der Waals surface area contributed by atoms with E-state index in [1.165, 1.54) is 17.3 Å². The molecular formula is C28H31N5O2S2. The molecule has 1 aromatic carbocycles. The third-order valence-corrected chi connectivity index (χ3v) is 8.13. The predicted molar refractivity (Wildman–Crippen MR) is 155 cm³/mol. The van der Waals surface area contributed by atoms with Gasteiger partial charge in [0.25, 0.3) is 11.5 Å². The number of aromatic nitrogens is 2. The zero-order chi connectivity index (χ0) is 25.9. The van der Waals surface area contributed by atoms with Gasteiger partial charge in [0.05, 0.1) is 10.5 Å². The maximum atomic E-state index is 13.6. The number of hydrogen-bond acceptors (Lipinski definition) is 7. The van der Waals surface area contributed by atoms with Gasteiger partial charge in [-0.25, -0.2) is 4.98 Å². The average Bonchev–Trinajstić information content (AvgIpc) is 3.17. The molecule has 5 rings (SSSR count). The van der Waals surface area contributed by atoms with Gasteiger partial charge in [-0.1, -0.05) is 74.2 Å². The van der Waals surface area contributed by atoms with Crippen LogP contribution in [0.1, 0.15) is 31.4 Å². The summed E-state index contributed by atoms with van der Waals surface area (Å²) in [5.41, 5.74) is 2.14. The molecule has 1 amide bonds. The van der Waals surface area contributed by atoms with Crippen molar-refractivity contribution in [2.45, 2.75) is 26.8 Å². The van der Waals surface area contributed by atoms with E-state index in [1.807, 2.05) is 24.3 Å². The third-order valence-electron chi connectivity index (χ3n) is 6.75. The number of amides is 1. The molecule has 0 bridgehead atoms. The van der Waals surface area contributed by atoms with Gasteiger partial charge in [-0.3, -0.25) is 23.8 Å². The van der Waals surface area contributed by atoms with Crippen molar-refractivity contribution in [3.63, 3.8) is 0 Å². The number of anilines is 1. The van der Waals surface area contributed by atoms with Crippen LogP contribution in [0, 0.1) is 5.92 Å². The van der Waals surface area contributed by atoms with E-state index in [2.05, 4.69) is 47.9 Å². The molecule has 2 aliphatic heterocycles. The Kier molecular flexibility index (Phi) is 7.73. The van der Waals surface area contributed by atoms with E-state index in [-0.39, 0.29) is 11.5 Å². The molecule has 0 unspecified atom stereocenters. The zero-order valence-electron chi connectivity index (χ0n) is 21.2. The largest absolute Gasteiger partial charge is 0.353 e. The lowest BCUT2D eigenvalue weighted by molar-refractivity contribution is -0.122. The first kappa shape index (κ1) is 25.6. The average molecular weight is 534 g/mol. The molecule has 0 spiro atoms. The fourth-order valence-corrected chi connectivity index (χ4v) is 5.92. The lowest BCUT2D eigenvalue weighted by Crippen LogP contribution is -2.47. The number of piperazine rings is 1. The number of nitrogens with zero attached hydrogens (tertiary/aromatic N) is 5. The molecule has 4 heterocycles. The molecule has 2 fully saturated rings. The van der Waals surface area contributed by atoms with Crippen molar-refractivity contribution in [2.24, 2.45) is 5.92 Å². The van der Waals surface area contributed by atoms with Crippen molar-refractivity contribution in [3.05, 3.63) is 81.1 Å². The summed E-state index contributed by atoms with van der Waals surface area (Å²) >= 11 is 6.78. The third kappa shape index (κ3) is 5.63. The number of thioether (sulfide) groups is 1. The molecule has 0 radical (unpaired) electrons. The van der Waals surface area contributed by atoms with Gasteiger partial charge in [-0.2, -0.15) is 0 Å². The molecule has 2 aromatic heterocycles. The standard InChI is InChI=1S/C28H31N5O2S2/c1-20(2)11-13-33-27(35)23(37-28(33)36)18-22-25(29-24-10-6-7-12-32(24)26(22)34)31-16-14-30(15-17-31)19-21-8-4-3-5-9-21/h3-10,12,18,20H,11,13-17,19H2,1-2H3. The van der Waals surface area contributed by atoms with Gasteiger partial charge in [-0.05, 0) is 36.1 Å². The second-order valence-electron chi connectivity index (χ2n) is 9.85. The molecule has 2 aliphatic rings. The van der Waals surface area contributed by atoms with Crippen LogP contribution in [0.3, 0.4) is 0 Å². The highest BCUT2D eigenvalue weighted by Crippen LogP contribution is 2.34. The summed E-state index contributed by atoms with van der Waals surface area (Å²) in [6.45, 7) is 8.96. The Morgan fingerprint density at radius 3 is 2.49 bits per heavy atom. The molecule has 3 aromatic rings. The van der Waals surface area contributed by atoms with Crippen molar-refractivity contribution in [1.29, 1.82) is 0 Å². The van der Waals surface area contributed by atoms with Crippen LogP contribution in [0.5, 0.6) is 0 Å². The summed E-state index contributed by atoms with van der Waals surface area (Å²) in [5, 5.41) is 0. The van der Waals surface area contributed by atoms with Crippen LogP contribution >= 0.6 is 24.0 Å². The van der Waals surface area contributed by atoms with E-state index in [0.29, 0.717) is 38.7 Å². The van der Waals surface area contributed by atoms with E-state index in [0.717, 1.165) is 39.1 Å². The fourth-order valence-electron chi connectivity index (χ4n) is 4.63. The minimum Gasteiger partial charge on any atom is -0.353 e. The van der Waals surface area contributed by atoms with Crippen molar-refractivity contribution < 1.29 is 4.79 Å². The Morgan fingerprint density at radius 1 is 1.03 bits per heavy atom. The van der Waals surface area contributed by atoms with E-state index in [9.17, 15) is 9.59 Å². The van der Waals surface area contributed by atoms with Crippen LogP contribution in [-0.2, 0) is 11.3 Å². The van der Waals surface area contributed by atoms with Gasteiger partial charge in [0.2, 0.25) is 0 Å². The monoisotopic (exact) mass is 533 g/mol. The maximum absolute atomic E-state index is 13.6. The lowest BCUT2D eigenvalue weighted by Gasteiger charge is -2.36. The smallest absolute Gasteiger partial charge is 0.267 e. The maximum Gasteiger partial charge on any atom is 0.267 e. The molecule has 0 aliphatic carbocycles. The first-order valence-corrected chi connectivity index (χ1v) is 13.9. The number of carbonyl (C=O) groups excluding carboxylic acids is 1. The summed E-state index contributed by atoms with van der Waals surface area (Å²) < 4.78 is 2.09. The van der Waals surface area contributed by atoms with Crippen LogP contribution in [0.2, 0.25) is 0 Å². The SMILES string of the molecule is CC(C)CCN1C(=O)C(=Cc2c(N3CCN(Cc4ccccc4)CC3)nc3ccccn3c2=O)SC1=S. The molecule has 37 heavy (non-hydrogen) atoms. The Bertz CT molecular complexity index is 1390. The lowest BCUT2D eigenvalue weighted by atomic mass is 10.1. The van der Waals surface area contributed by atoms with Gasteiger partial charge in [0, 0.05) is 45.5 Å². The fraction of sp³-hybridized carbons (Fsp3) is 0.357. The first-order chi connectivity index (χ1) is 17.9. The van der Waals surface area contributed by atoms with Gasteiger partial charge in [0.15, 0.2) is 0 Å². The van der Waals surface area contributed by atoms with Crippen LogP contribution in [0.15, 0.2) is 64.4 Å². The summed E-state index contributed by atoms with van der Waals surface area (Å²) in [6.07, 6.45) is 4.30. The zero-order valence-corrected chi connectivity index (χ0v) is 22.8. The molecule has 192 valence electrons. The topological polar surface area (TPSA) is 61.2 Å². The minimum atomic E-state index is -0.181. The number of benzene rings is 1. The van der Waals surface area contributed by atoms with E-state index >= 15 is 0 Å². The summed E-state index contributed by atoms with van der Waals surface area (Å²) in [4.78, 5) is 38.5. The quantitative estimate of drug-likeness (QED) is 0.332. The summed E-state index contributed by atoms with van der Waals surface area (Å²) in [5.74, 6) is 0.963.